The average molecular weight is 234 g/mol. The minimum Gasteiger partial charge on any atom is -0.382 e. The van der Waals surface area contributed by atoms with E-state index < -0.39 is 0 Å². The maximum atomic E-state index is 8.83. The molecule has 1 N–H and O–H groups in total. The average Bonchev–Trinajstić information content (AvgIpc) is 2.34. The highest BCUT2D eigenvalue weighted by Gasteiger charge is 2.06. The van der Waals surface area contributed by atoms with E-state index in [1.54, 1.807) is 14.2 Å². The Morgan fingerprint density at radius 2 is 2.18 bits per heavy atom. The van der Waals surface area contributed by atoms with Crippen LogP contribution in [0, 0.1) is 18.3 Å². The minimum atomic E-state index is 0.0240. The van der Waals surface area contributed by atoms with E-state index in [1.807, 2.05) is 25.1 Å². The van der Waals surface area contributed by atoms with Gasteiger partial charge in [-0.1, -0.05) is 0 Å². The van der Waals surface area contributed by atoms with E-state index in [4.69, 9.17) is 14.7 Å². The van der Waals surface area contributed by atoms with Crippen LogP contribution < -0.4 is 5.32 Å². The van der Waals surface area contributed by atoms with Crippen LogP contribution in [0.4, 0.5) is 5.69 Å². The summed E-state index contributed by atoms with van der Waals surface area (Å²) in [5, 5.41) is 12.1. The first-order chi connectivity index (χ1) is 8.21. The zero-order valence-electron chi connectivity index (χ0n) is 10.5. The molecule has 0 heterocycles. The molecule has 0 aliphatic rings. The van der Waals surface area contributed by atoms with Gasteiger partial charge in [-0.15, -0.1) is 0 Å². The Bertz CT molecular complexity index is 399. The number of benzene rings is 1. The van der Waals surface area contributed by atoms with Crippen molar-refractivity contribution in [2.45, 2.75) is 13.0 Å². The van der Waals surface area contributed by atoms with Crippen molar-refractivity contribution in [3.63, 3.8) is 0 Å². The number of hydrogen-bond donors (Lipinski definition) is 1. The summed E-state index contributed by atoms with van der Waals surface area (Å²) < 4.78 is 10.3. The van der Waals surface area contributed by atoms with E-state index in [0.717, 1.165) is 11.3 Å². The topological polar surface area (TPSA) is 54.3 Å². The van der Waals surface area contributed by atoms with Crippen LogP contribution >= 0.6 is 0 Å². The van der Waals surface area contributed by atoms with Crippen LogP contribution in [-0.2, 0) is 9.47 Å². The molecule has 0 spiro atoms. The fraction of sp³-hybridized carbons (Fsp3) is 0.462. The highest BCUT2D eigenvalue weighted by atomic mass is 16.5. The second-order valence-corrected chi connectivity index (χ2v) is 3.84. The molecule has 17 heavy (non-hydrogen) atoms. The number of anilines is 1. The number of rotatable bonds is 6. The maximum Gasteiger partial charge on any atom is 0.0994 e. The van der Waals surface area contributed by atoms with Gasteiger partial charge >= 0.3 is 0 Å². The highest BCUT2D eigenvalue weighted by molar-refractivity contribution is 5.51. The van der Waals surface area contributed by atoms with Crippen molar-refractivity contribution in [2.75, 3.05) is 32.7 Å². The summed E-state index contributed by atoms with van der Waals surface area (Å²) in [5.74, 6) is 0. The van der Waals surface area contributed by atoms with Gasteiger partial charge in [-0.05, 0) is 30.7 Å². The van der Waals surface area contributed by atoms with Gasteiger partial charge in [0.1, 0.15) is 0 Å². The second kappa shape index (κ2) is 6.89. The third kappa shape index (κ3) is 4.06. The number of nitriles is 1. The van der Waals surface area contributed by atoms with Crippen LogP contribution in [0.2, 0.25) is 0 Å². The molecule has 0 aromatic heterocycles. The van der Waals surface area contributed by atoms with Crippen molar-refractivity contribution in [3.8, 4) is 6.07 Å². The zero-order valence-corrected chi connectivity index (χ0v) is 10.5. The normalized spacial score (nSPS) is 11.9. The first-order valence-electron chi connectivity index (χ1n) is 5.47. The van der Waals surface area contributed by atoms with Gasteiger partial charge in [0, 0.05) is 26.5 Å². The third-order valence-electron chi connectivity index (χ3n) is 2.57. The zero-order chi connectivity index (χ0) is 12.7. The lowest BCUT2D eigenvalue weighted by Crippen LogP contribution is -2.26. The molecule has 4 heteroatoms. The van der Waals surface area contributed by atoms with E-state index in [0.29, 0.717) is 18.7 Å². The van der Waals surface area contributed by atoms with Crippen molar-refractivity contribution < 1.29 is 9.47 Å². The summed E-state index contributed by atoms with van der Waals surface area (Å²) in [6.07, 6.45) is 0.0240. The van der Waals surface area contributed by atoms with Crippen molar-refractivity contribution in [3.05, 3.63) is 29.3 Å². The molecule has 1 unspecified atom stereocenters. The standard InChI is InChI=1S/C13H18N2O2/c1-10-6-12(5-4-11(10)7-14)15-8-13(17-3)9-16-2/h4-6,13,15H,8-9H2,1-3H3. The lowest BCUT2D eigenvalue weighted by atomic mass is 10.1. The van der Waals surface area contributed by atoms with E-state index >= 15 is 0 Å². The predicted molar refractivity (Wildman–Crippen MR) is 67.1 cm³/mol. The molecule has 0 aliphatic heterocycles. The molecule has 0 fully saturated rings. The van der Waals surface area contributed by atoms with Gasteiger partial charge in [-0.2, -0.15) is 5.26 Å². The van der Waals surface area contributed by atoms with Gasteiger partial charge in [0.2, 0.25) is 0 Å². The molecule has 0 aliphatic carbocycles. The third-order valence-corrected chi connectivity index (χ3v) is 2.57. The largest absolute Gasteiger partial charge is 0.382 e. The Morgan fingerprint density at radius 1 is 1.41 bits per heavy atom. The summed E-state index contributed by atoms with van der Waals surface area (Å²) in [4.78, 5) is 0. The van der Waals surface area contributed by atoms with Crippen LogP contribution in [0.5, 0.6) is 0 Å². The molecule has 1 rings (SSSR count). The van der Waals surface area contributed by atoms with Crippen LogP contribution in [-0.4, -0.2) is 33.5 Å². The summed E-state index contributed by atoms with van der Waals surface area (Å²) >= 11 is 0. The highest BCUT2D eigenvalue weighted by Crippen LogP contribution is 2.14. The van der Waals surface area contributed by atoms with Gasteiger partial charge in [-0.25, -0.2) is 0 Å². The van der Waals surface area contributed by atoms with Gasteiger partial charge in [0.15, 0.2) is 0 Å². The number of nitrogens with zero attached hydrogens (tertiary/aromatic N) is 1. The molecule has 1 aromatic rings. The van der Waals surface area contributed by atoms with Gasteiger partial charge in [0.05, 0.1) is 24.3 Å². The second-order valence-electron chi connectivity index (χ2n) is 3.84. The van der Waals surface area contributed by atoms with E-state index in [-0.39, 0.29) is 6.10 Å². The van der Waals surface area contributed by atoms with Crippen LogP contribution in [0.1, 0.15) is 11.1 Å². The van der Waals surface area contributed by atoms with Gasteiger partial charge in [-0.3, -0.25) is 0 Å². The summed E-state index contributed by atoms with van der Waals surface area (Å²) in [6.45, 7) is 3.15. The number of nitrogens with one attached hydrogen (secondary N) is 1. The van der Waals surface area contributed by atoms with Crippen LogP contribution in [0.25, 0.3) is 0 Å². The molecule has 1 atom stereocenters. The van der Waals surface area contributed by atoms with Gasteiger partial charge in [0.25, 0.3) is 0 Å². The summed E-state index contributed by atoms with van der Waals surface area (Å²) in [6, 6.07) is 7.81. The van der Waals surface area contributed by atoms with Crippen LogP contribution in [0.3, 0.4) is 0 Å². The molecular formula is C13H18N2O2. The molecule has 0 amide bonds. The Balaban J connectivity index is 2.58. The Hall–Kier alpha value is -1.57. The lowest BCUT2D eigenvalue weighted by molar-refractivity contribution is 0.0365. The monoisotopic (exact) mass is 234 g/mol. The number of ether oxygens (including phenoxy) is 2. The fourth-order valence-electron chi connectivity index (χ4n) is 1.53. The van der Waals surface area contributed by atoms with Crippen molar-refractivity contribution in [1.29, 1.82) is 5.26 Å². The van der Waals surface area contributed by atoms with Gasteiger partial charge < -0.3 is 14.8 Å². The SMILES string of the molecule is COCC(CNc1ccc(C#N)c(C)c1)OC. The first-order valence-corrected chi connectivity index (χ1v) is 5.47. The van der Waals surface area contributed by atoms with Crippen molar-refractivity contribution in [2.24, 2.45) is 0 Å². The summed E-state index contributed by atoms with van der Waals surface area (Å²) in [7, 11) is 3.31. The molecular weight excluding hydrogens is 216 g/mol. The number of aryl methyl sites for hydroxylation is 1. The molecule has 4 nitrogen and oxygen atoms in total. The number of methoxy groups -OCH3 is 2. The quantitative estimate of drug-likeness (QED) is 0.817. The molecule has 0 saturated heterocycles. The van der Waals surface area contributed by atoms with E-state index in [1.165, 1.54) is 0 Å². The molecule has 0 radical (unpaired) electrons. The molecule has 1 aromatic carbocycles. The molecule has 0 bridgehead atoms. The van der Waals surface area contributed by atoms with Crippen molar-refractivity contribution >= 4 is 5.69 Å². The maximum absolute atomic E-state index is 8.83. The summed E-state index contributed by atoms with van der Waals surface area (Å²) in [5.41, 5.74) is 2.66. The Labute approximate surface area is 102 Å². The predicted octanol–water partition coefficient (Wildman–Crippen LogP) is 1.94. The van der Waals surface area contributed by atoms with E-state index in [9.17, 15) is 0 Å². The minimum absolute atomic E-state index is 0.0240. The van der Waals surface area contributed by atoms with E-state index in [2.05, 4.69) is 11.4 Å². The number of hydrogen-bond acceptors (Lipinski definition) is 4. The lowest BCUT2D eigenvalue weighted by Gasteiger charge is -2.16. The Kier molecular flexibility index (Phi) is 5.47. The fourth-order valence-corrected chi connectivity index (χ4v) is 1.53. The Morgan fingerprint density at radius 3 is 2.71 bits per heavy atom. The van der Waals surface area contributed by atoms with Crippen LogP contribution in [0.15, 0.2) is 18.2 Å². The molecule has 0 saturated carbocycles. The first kappa shape index (κ1) is 13.5. The smallest absolute Gasteiger partial charge is 0.0994 e. The van der Waals surface area contributed by atoms with Crippen molar-refractivity contribution in [1.82, 2.24) is 0 Å². The molecule has 92 valence electrons.